The molecule has 2 rings (SSSR count). The summed E-state index contributed by atoms with van der Waals surface area (Å²) in [6.45, 7) is 0. The second kappa shape index (κ2) is 4.10. The summed E-state index contributed by atoms with van der Waals surface area (Å²) >= 11 is 3.11. The van der Waals surface area contributed by atoms with Gasteiger partial charge in [-0.25, -0.2) is 9.82 Å². The molecule has 1 heterocycles. The van der Waals surface area contributed by atoms with Crippen molar-refractivity contribution < 1.29 is 9.18 Å². The van der Waals surface area contributed by atoms with Crippen LogP contribution in [0, 0.1) is 5.82 Å². The highest BCUT2D eigenvalue weighted by molar-refractivity contribution is 9.10. The molecule has 0 unspecified atom stereocenters. The largest absolute Gasteiger partial charge is 0.273 e. The van der Waals surface area contributed by atoms with Crippen molar-refractivity contribution in [3.8, 4) is 0 Å². The van der Waals surface area contributed by atoms with Crippen LogP contribution in [0.2, 0.25) is 0 Å². The van der Waals surface area contributed by atoms with Crippen molar-refractivity contribution >= 4 is 27.5 Å². The van der Waals surface area contributed by atoms with Gasteiger partial charge < -0.3 is 0 Å². The molecule has 0 radical (unpaired) electrons. The highest BCUT2D eigenvalue weighted by Gasteiger charge is 2.13. The first-order valence-electron chi connectivity index (χ1n) is 4.47. The van der Waals surface area contributed by atoms with E-state index < -0.39 is 0 Å². The first-order valence-corrected chi connectivity index (χ1v) is 5.27. The van der Waals surface area contributed by atoms with Crippen molar-refractivity contribution in [3.05, 3.63) is 34.1 Å². The summed E-state index contributed by atoms with van der Waals surface area (Å²) in [6, 6.07) is 4.68. The van der Waals surface area contributed by atoms with Gasteiger partial charge in [-0.1, -0.05) is 6.07 Å². The topological polar surface area (TPSA) is 41.5 Å². The lowest BCUT2D eigenvalue weighted by Gasteiger charge is -2.12. The number of hydrogen-bond donors (Lipinski definition) is 1. The van der Waals surface area contributed by atoms with Gasteiger partial charge in [-0.3, -0.25) is 4.79 Å². The Labute approximate surface area is 94.5 Å². The molecule has 0 bridgehead atoms. The van der Waals surface area contributed by atoms with Crippen molar-refractivity contribution in [2.75, 3.05) is 0 Å². The normalized spacial score (nSPS) is 15.9. The molecule has 1 aromatic carbocycles. The zero-order chi connectivity index (χ0) is 10.8. The number of hydrazone groups is 1. The fraction of sp³-hybridized carbons (Fsp3) is 0.200. The number of benzene rings is 1. The van der Waals surface area contributed by atoms with Crippen LogP contribution in [0.3, 0.4) is 0 Å². The van der Waals surface area contributed by atoms with Crippen LogP contribution in [0.5, 0.6) is 0 Å². The van der Waals surface area contributed by atoms with Crippen LogP contribution in [0.25, 0.3) is 0 Å². The molecule has 78 valence electrons. The Balaban J connectivity index is 2.30. The summed E-state index contributed by atoms with van der Waals surface area (Å²) < 4.78 is 13.4. The number of amides is 1. The van der Waals surface area contributed by atoms with E-state index in [4.69, 9.17) is 0 Å². The molecule has 0 aromatic heterocycles. The number of rotatable bonds is 1. The van der Waals surface area contributed by atoms with Crippen molar-refractivity contribution in [2.24, 2.45) is 5.10 Å². The van der Waals surface area contributed by atoms with Gasteiger partial charge in [-0.05, 0) is 33.6 Å². The van der Waals surface area contributed by atoms with Crippen molar-refractivity contribution in [1.29, 1.82) is 0 Å². The molecule has 0 saturated carbocycles. The van der Waals surface area contributed by atoms with Gasteiger partial charge in [0, 0.05) is 12.8 Å². The number of halogens is 2. The number of nitrogens with zero attached hydrogens (tertiary/aromatic N) is 1. The van der Waals surface area contributed by atoms with Crippen LogP contribution in [-0.2, 0) is 4.79 Å². The molecule has 1 aromatic rings. The third-order valence-corrected chi connectivity index (χ3v) is 2.76. The van der Waals surface area contributed by atoms with E-state index in [9.17, 15) is 9.18 Å². The minimum absolute atomic E-state index is 0.0834. The van der Waals surface area contributed by atoms with E-state index in [1.54, 1.807) is 12.1 Å². The van der Waals surface area contributed by atoms with E-state index in [-0.39, 0.29) is 11.7 Å². The van der Waals surface area contributed by atoms with Gasteiger partial charge in [0.2, 0.25) is 5.91 Å². The van der Waals surface area contributed by atoms with E-state index in [0.717, 1.165) is 11.3 Å². The Bertz CT molecular complexity index is 445. The SMILES string of the molecule is O=C1CCC(c2ccc(F)c(Br)c2)=NN1. The molecule has 0 atom stereocenters. The standard InChI is InChI=1S/C10H8BrFN2O/c11-7-5-6(1-2-8(7)12)9-3-4-10(15)14-13-9/h1-2,5H,3-4H2,(H,14,15). The average Bonchev–Trinajstić information content (AvgIpc) is 2.23. The summed E-state index contributed by atoms with van der Waals surface area (Å²) in [4.78, 5) is 10.9. The second-order valence-corrected chi connectivity index (χ2v) is 4.08. The van der Waals surface area contributed by atoms with E-state index in [0.29, 0.717) is 17.3 Å². The number of nitrogens with one attached hydrogen (secondary N) is 1. The lowest BCUT2D eigenvalue weighted by molar-refractivity contribution is -0.121. The molecule has 0 aliphatic carbocycles. The van der Waals surface area contributed by atoms with E-state index in [1.165, 1.54) is 6.07 Å². The summed E-state index contributed by atoms with van der Waals surface area (Å²) in [5, 5.41) is 3.93. The maximum absolute atomic E-state index is 13.0. The van der Waals surface area contributed by atoms with E-state index >= 15 is 0 Å². The van der Waals surface area contributed by atoms with Gasteiger partial charge in [0.25, 0.3) is 0 Å². The van der Waals surface area contributed by atoms with Crippen molar-refractivity contribution in [2.45, 2.75) is 12.8 Å². The van der Waals surface area contributed by atoms with E-state index in [2.05, 4.69) is 26.5 Å². The minimum Gasteiger partial charge on any atom is -0.273 e. The average molecular weight is 271 g/mol. The summed E-state index contributed by atoms with van der Waals surface area (Å²) in [5.74, 6) is -0.390. The van der Waals surface area contributed by atoms with Crippen LogP contribution < -0.4 is 5.43 Å². The monoisotopic (exact) mass is 270 g/mol. The maximum atomic E-state index is 13.0. The molecule has 1 aliphatic rings. The predicted octanol–water partition coefficient (Wildman–Crippen LogP) is 2.20. The number of hydrogen-bond acceptors (Lipinski definition) is 2. The van der Waals surface area contributed by atoms with Gasteiger partial charge in [0.05, 0.1) is 10.2 Å². The maximum Gasteiger partial charge on any atom is 0.240 e. The Morgan fingerprint density at radius 2 is 2.20 bits per heavy atom. The lowest BCUT2D eigenvalue weighted by Crippen LogP contribution is -2.25. The van der Waals surface area contributed by atoms with Gasteiger partial charge in [-0.15, -0.1) is 0 Å². The molecule has 0 saturated heterocycles. The van der Waals surface area contributed by atoms with Crippen LogP contribution in [0.4, 0.5) is 4.39 Å². The summed E-state index contributed by atoms with van der Waals surface area (Å²) in [7, 11) is 0. The predicted molar refractivity (Wildman–Crippen MR) is 58.0 cm³/mol. The molecular formula is C10H8BrFN2O. The lowest BCUT2D eigenvalue weighted by atomic mass is 10.0. The Hall–Kier alpha value is -1.23. The first-order chi connectivity index (χ1) is 7.16. The minimum atomic E-state index is -0.306. The zero-order valence-electron chi connectivity index (χ0n) is 7.76. The second-order valence-electron chi connectivity index (χ2n) is 3.22. The Morgan fingerprint density at radius 1 is 1.40 bits per heavy atom. The van der Waals surface area contributed by atoms with Crippen LogP contribution in [0.15, 0.2) is 27.8 Å². The van der Waals surface area contributed by atoms with Gasteiger partial charge in [0.15, 0.2) is 0 Å². The quantitative estimate of drug-likeness (QED) is 0.835. The van der Waals surface area contributed by atoms with Gasteiger partial charge >= 0.3 is 0 Å². The Morgan fingerprint density at radius 3 is 2.80 bits per heavy atom. The fourth-order valence-corrected chi connectivity index (χ4v) is 1.74. The van der Waals surface area contributed by atoms with Gasteiger partial charge in [-0.2, -0.15) is 5.10 Å². The molecule has 0 spiro atoms. The highest BCUT2D eigenvalue weighted by Crippen LogP contribution is 2.19. The number of carbonyl (C=O) groups excluding carboxylic acids is 1. The molecule has 0 fully saturated rings. The highest BCUT2D eigenvalue weighted by atomic mass is 79.9. The molecule has 1 aliphatic heterocycles. The first kappa shape index (κ1) is 10.3. The zero-order valence-corrected chi connectivity index (χ0v) is 9.34. The third kappa shape index (κ3) is 2.23. The molecular weight excluding hydrogens is 263 g/mol. The fourth-order valence-electron chi connectivity index (χ4n) is 1.36. The van der Waals surface area contributed by atoms with Crippen LogP contribution in [0.1, 0.15) is 18.4 Å². The molecule has 3 nitrogen and oxygen atoms in total. The Kier molecular flexibility index (Phi) is 2.81. The molecule has 1 amide bonds. The molecule has 15 heavy (non-hydrogen) atoms. The molecule has 5 heteroatoms. The van der Waals surface area contributed by atoms with E-state index in [1.807, 2.05) is 0 Å². The van der Waals surface area contributed by atoms with Crippen molar-refractivity contribution in [1.82, 2.24) is 5.43 Å². The smallest absolute Gasteiger partial charge is 0.240 e. The van der Waals surface area contributed by atoms with Crippen LogP contribution in [-0.4, -0.2) is 11.6 Å². The van der Waals surface area contributed by atoms with Crippen LogP contribution >= 0.6 is 15.9 Å². The number of carbonyl (C=O) groups is 1. The van der Waals surface area contributed by atoms with Crippen molar-refractivity contribution in [3.63, 3.8) is 0 Å². The molecule has 1 N–H and O–H groups in total. The summed E-state index contributed by atoms with van der Waals surface area (Å²) in [6.07, 6.45) is 1.01. The van der Waals surface area contributed by atoms with Gasteiger partial charge in [0.1, 0.15) is 5.82 Å². The summed E-state index contributed by atoms with van der Waals surface area (Å²) in [5.41, 5.74) is 4.00. The third-order valence-electron chi connectivity index (χ3n) is 2.16.